The molecule has 0 atom stereocenters. The fourth-order valence-corrected chi connectivity index (χ4v) is 3.80. The number of rotatable bonds is 9. The molecule has 10 heteroatoms. The summed E-state index contributed by atoms with van der Waals surface area (Å²) in [6.07, 6.45) is 1.47. The highest BCUT2D eigenvalue weighted by atomic mass is 16.5. The lowest BCUT2D eigenvalue weighted by atomic mass is 10.1. The van der Waals surface area contributed by atoms with Crippen LogP contribution >= 0.6 is 0 Å². The van der Waals surface area contributed by atoms with Crippen molar-refractivity contribution >= 4 is 35.6 Å². The first kappa shape index (κ1) is 26.0. The van der Waals surface area contributed by atoms with Crippen LogP contribution in [-0.2, 0) is 16.2 Å². The smallest absolute Gasteiger partial charge is 0.335 e. The van der Waals surface area contributed by atoms with E-state index in [0.29, 0.717) is 28.3 Å². The molecule has 0 aliphatic carbocycles. The summed E-state index contributed by atoms with van der Waals surface area (Å²) >= 11 is 0. The quantitative estimate of drug-likeness (QED) is 0.291. The molecule has 0 saturated carbocycles. The zero-order valence-electron chi connectivity index (χ0n) is 20.7. The van der Waals surface area contributed by atoms with Crippen molar-refractivity contribution in [1.82, 2.24) is 10.2 Å². The minimum atomic E-state index is -1.03. The third-order valence-corrected chi connectivity index (χ3v) is 5.63. The number of nitrogens with zero attached hydrogens (tertiary/aromatic N) is 1. The molecule has 0 unspecified atom stereocenters. The molecule has 1 aliphatic heterocycles. The van der Waals surface area contributed by atoms with Crippen molar-refractivity contribution in [3.63, 3.8) is 0 Å². The summed E-state index contributed by atoms with van der Waals surface area (Å²) < 4.78 is 11.2. The fraction of sp³-hybridized carbons (Fsp3) is 0.143. The normalized spacial score (nSPS) is 13.8. The highest BCUT2D eigenvalue weighted by Crippen LogP contribution is 2.30. The summed E-state index contributed by atoms with van der Waals surface area (Å²) in [7, 11) is 1.46. The number of methoxy groups -OCH3 is 1. The minimum Gasteiger partial charge on any atom is -0.493 e. The average Bonchev–Trinajstić information content (AvgIpc) is 3.15. The van der Waals surface area contributed by atoms with Gasteiger partial charge in [-0.2, -0.15) is 0 Å². The topological polar surface area (TPSA) is 134 Å². The van der Waals surface area contributed by atoms with Gasteiger partial charge in [-0.1, -0.05) is 30.3 Å². The number of carbonyl (C=O) groups is 4. The van der Waals surface area contributed by atoms with Crippen LogP contribution < -0.4 is 20.1 Å². The first-order chi connectivity index (χ1) is 18.2. The van der Waals surface area contributed by atoms with Crippen molar-refractivity contribution in [1.29, 1.82) is 0 Å². The summed E-state index contributed by atoms with van der Waals surface area (Å²) in [5.41, 5.74) is 2.93. The monoisotopic (exact) mass is 515 g/mol. The Balaban J connectivity index is 1.43. The second-order valence-electron chi connectivity index (χ2n) is 8.50. The number of urea groups is 1. The van der Waals surface area contributed by atoms with Crippen LogP contribution in [0.5, 0.6) is 11.5 Å². The fourth-order valence-electron chi connectivity index (χ4n) is 3.80. The van der Waals surface area contributed by atoms with E-state index in [1.165, 1.54) is 25.3 Å². The third kappa shape index (κ3) is 6.16. The standard InChI is InChI=1S/C28H25N3O7/c1-17-5-3-8-21(11-17)29-25(32)15-31-26(33)22(30-28(31)36)13-18-9-10-23(24(14-18)37-2)38-16-19-6-4-7-20(12-19)27(34)35/h3-14H,15-16H2,1-2H3,(H,29,32)(H,30,36)(H,34,35). The summed E-state index contributed by atoms with van der Waals surface area (Å²) in [5, 5.41) is 14.3. The van der Waals surface area contributed by atoms with E-state index in [2.05, 4.69) is 10.6 Å². The minimum absolute atomic E-state index is 0.0135. The Kier molecular flexibility index (Phi) is 7.72. The predicted molar refractivity (Wildman–Crippen MR) is 139 cm³/mol. The summed E-state index contributed by atoms with van der Waals surface area (Å²) in [5.74, 6) is -1.38. The van der Waals surface area contributed by atoms with Crippen molar-refractivity contribution in [2.75, 3.05) is 19.0 Å². The molecule has 0 spiro atoms. The van der Waals surface area contributed by atoms with Gasteiger partial charge < -0.3 is 25.2 Å². The molecule has 0 bridgehead atoms. The van der Waals surface area contributed by atoms with E-state index in [-0.39, 0.29) is 17.9 Å². The number of aromatic carboxylic acids is 1. The Hall–Kier alpha value is -5.12. The average molecular weight is 516 g/mol. The molecule has 1 fully saturated rings. The van der Waals surface area contributed by atoms with Crippen molar-refractivity contribution in [3.05, 3.63) is 94.7 Å². The van der Waals surface area contributed by atoms with Gasteiger partial charge in [0, 0.05) is 5.69 Å². The maximum absolute atomic E-state index is 12.8. The summed E-state index contributed by atoms with van der Waals surface area (Å²) in [6.45, 7) is 1.57. The number of imide groups is 1. The molecular formula is C28H25N3O7. The predicted octanol–water partition coefficient (Wildman–Crippen LogP) is 3.81. The Morgan fingerprint density at radius 2 is 1.82 bits per heavy atom. The number of aryl methyl sites for hydroxylation is 1. The third-order valence-electron chi connectivity index (χ3n) is 5.63. The molecule has 3 aromatic carbocycles. The van der Waals surface area contributed by atoms with Gasteiger partial charge in [0.05, 0.1) is 12.7 Å². The molecule has 4 amide bonds. The Bertz CT molecular complexity index is 1450. The molecule has 1 heterocycles. The van der Waals surface area contributed by atoms with E-state index >= 15 is 0 Å². The molecule has 194 valence electrons. The van der Waals surface area contributed by atoms with Gasteiger partial charge in [0.25, 0.3) is 5.91 Å². The van der Waals surface area contributed by atoms with Gasteiger partial charge in [-0.3, -0.25) is 9.59 Å². The van der Waals surface area contributed by atoms with Crippen molar-refractivity contribution in [2.45, 2.75) is 13.5 Å². The molecule has 10 nitrogen and oxygen atoms in total. The number of carbonyl (C=O) groups excluding carboxylic acids is 3. The van der Waals surface area contributed by atoms with Crippen LogP contribution in [0.25, 0.3) is 6.08 Å². The lowest BCUT2D eigenvalue weighted by Crippen LogP contribution is -2.38. The highest BCUT2D eigenvalue weighted by molar-refractivity contribution is 6.16. The summed E-state index contributed by atoms with van der Waals surface area (Å²) in [6, 6.07) is 17.8. The number of hydrogen-bond acceptors (Lipinski definition) is 6. The maximum Gasteiger partial charge on any atom is 0.335 e. The summed E-state index contributed by atoms with van der Waals surface area (Å²) in [4.78, 5) is 49.6. The molecule has 3 aromatic rings. The molecule has 38 heavy (non-hydrogen) atoms. The van der Waals surface area contributed by atoms with Gasteiger partial charge >= 0.3 is 12.0 Å². The van der Waals surface area contributed by atoms with Gasteiger partial charge in [0.1, 0.15) is 18.8 Å². The van der Waals surface area contributed by atoms with E-state index in [9.17, 15) is 19.2 Å². The van der Waals surface area contributed by atoms with Crippen LogP contribution in [0.2, 0.25) is 0 Å². The molecule has 0 aromatic heterocycles. The number of hydrogen-bond donors (Lipinski definition) is 3. The SMILES string of the molecule is COc1cc(C=C2NC(=O)N(CC(=O)Nc3cccc(C)c3)C2=O)ccc1OCc1cccc(C(=O)O)c1. The Labute approximate surface area is 218 Å². The first-order valence-electron chi connectivity index (χ1n) is 11.6. The lowest BCUT2D eigenvalue weighted by molar-refractivity contribution is -0.127. The van der Waals surface area contributed by atoms with Crippen LogP contribution in [0.1, 0.15) is 27.0 Å². The second kappa shape index (κ2) is 11.3. The Morgan fingerprint density at radius 3 is 2.55 bits per heavy atom. The largest absolute Gasteiger partial charge is 0.493 e. The van der Waals surface area contributed by atoms with Gasteiger partial charge in [0.2, 0.25) is 5.91 Å². The second-order valence-corrected chi connectivity index (χ2v) is 8.50. The van der Waals surface area contributed by atoms with E-state index in [1.54, 1.807) is 48.5 Å². The molecule has 3 N–H and O–H groups in total. The lowest BCUT2D eigenvalue weighted by Gasteiger charge is -2.12. The molecule has 0 radical (unpaired) electrons. The van der Waals surface area contributed by atoms with Crippen LogP contribution in [0.15, 0.2) is 72.4 Å². The molecular weight excluding hydrogens is 490 g/mol. The zero-order chi connectivity index (χ0) is 27.2. The van der Waals surface area contributed by atoms with E-state index in [4.69, 9.17) is 14.6 Å². The van der Waals surface area contributed by atoms with E-state index in [1.807, 2.05) is 13.0 Å². The first-order valence-corrected chi connectivity index (χ1v) is 11.6. The number of nitrogens with one attached hydrogen (secondary N) is 2. The van der Waals surface area contributed by atoms with Crippen molar-refractivity contribution in [3.8, 4) is 11.5 Å². The van der Waals surface area contributed by atoms with E-state index in [0.717, 1.165) is 10.5 Å². The molecule has 4 rings (SSSR count). The van der Waals surface area contributed by atoms with E-state index < -0.39 is 30.4 Å². The zero-order valence-corrected chi connectivity index (χ0v) is 20.7. The van der Waals surface area contributed by atoms with Crippen LogP contribution in [0.3, 0.4) is 0 Å². The van der Waals surface area contributed by atoms with Crippen LogP contribution in [0.4, 0.5) is 10.5 Å². The number of carboxylic acid groups (broad SMARTS) is 1. The number of ether oxygens (including phenoxy) is 2. The Morgan fingerprint density at radius 1 is 1.03 bits per heavy atom. The number of benzene rings is 3. The van der Waals surface area contributed by atoms with Crippen molar-refractivity contribution in [2.24, 2.45) is 0 Å². The molecule has 1 aliphatic rings. The van der Waals surface area contributed by atoms with Gasteiger partial charge in [-0.25, -0.2) is 14.5 Å². The highest BCUT2D eigenvalue weighted by Gasteiger charge is 2.35. The van der Waals surface area contributed by atoms with Crippen LogP contribution in [0, 0.1) is 6.92 Å². The number of amides is 4. The van der Waals surface area contributed by atoms with Gasteiger partial charge in [-0.05, 0) is 66.1 Å². The van der Waals surface area contributed by atoms with Gasteiger partial charge in [-0.15, -0.1) is 0 Å². The maximum atomic E-state index is 12.8. The van der Waals surface area contributed by atoms with Crippen LogP contribution in [-0.4, -0.2) is 47.5 Å². The number of anilines is 1. The number of carboxylic acids is 1. The van der Waals surface area contributed by atoms with Crippen molar-refractivity contribution < 1.29 is 33.8 Å². The molecule has 1 saturated heterocycles. The van der Waals surface area contributed by atoms with Gasteiger partial charge in [0.15, 0.2) is 11.5 Å².